The van der Waals surface area contributed by atoms with Crippen molar-refractivity contribution in [1.29, 1.82) is 0 Å². The third-order valence-corrected chi connectivity index (χ3v) is 5.18. The highest BCUT2D eigenvalue weighted by atomic mass is 79.9. The highest BCUT2D eigenvalue weighted by molar-refractivity contribution is 9.10. The van der Waals surface area contributed by atoms with Crippen molar-refractivity contribution in [2.75, 3.05) is 6.54 Å². The molecule has 0 saturated heterocycles. The molecule has 0 radical (unpaired) electrons. The molecule has 0 spiro atoms. The van der Waals surface area contributed by atoms with Gasteiger partial charge in [0.1, 0.15) is 6.26 Å². The van der Waals surface area contributed by atoms with E-state index in [0.717, 1.165) is 12.1 Å². The number of hydrogen-bond donors (Lipinski definition) is 2. The quantitative estimate of drug-likeness (QED) is 0.775. The van der Waals surface area contributed by atoms with Crippen LogP contribution in [-0.4, -0.2) is 20.1 Å². The van der Waals surface area contributed by atoms with Crippen LogP contribution >= 0.6 is 15.9 Å². The van der Waals surface area contributed by atoms with E-state index in [2.05, 4.69) is 35.6 Å². The maximum Gasteiger partial charge on any atom is 0.242 e. The van der Waals surface area contributed by atoms with E-state index in [-0.39, 0.29) is 11.4 Å². The molecule has 0 amide bonds. The molecule has 0 atom stereocenters. The zero-order valence-corrected chi connectivity index (χ0v) is 13.9. The van der Waals surface area contributed by atoms with Gasteiger partial charge in [-0.1, -0.05) is 18.1 Å². The molecule has 1 aromatic carbocycles. The zero-order valence-electron chi connectivity index (χ0n) is 11.5. The van der Waals surface area contributed by atoms with Crippen LogP contribution in [0.15, 0.2) is 44.4 Å². The Balaban J connectivity index is 2.12. The van der Waals surface area contributed by atoms with Crippen LogP contribution in [0.4, 0.5) is 0 Å². The fraction of sp³-hybridized carbons (Fsp3) is 0.308. The first-order valence-electron chi connectivity index (χ1n) is 6.41. The van der Waals surface area contributed by atoms with Crippen LogP contribution in [0.25, 0.3) is 0 Å². The fourth-order valence-corrected chi connectivity index (χ4v) is 3.84. The van der Waals surface area contributed by atoms with Crippen LogP contribution in [0.5, 0.6) is 0 Å². The van der Waals surface area contributed by atoms with Gasteiger partial charge in [-0.25, -0.2) is 13.1 Å². The summed E-state index contributed by atoms with van der Waals surface area (Å²) < 4.78 is 32.2. The van der Waals surface area contributed by atoms with Crippen molar-refractivity contribution in [3.63, 3.8) is 0 Å². The summed E-state index contributed by atoms with van der Waals surface area (Å²) in [6.45, 7) is 3.66. The van der Waals surface area contributed by atoms with Gasteiger partial charge < -0.3 is 9.84 Å². The van der Waals surface area contributed by atoms with Crippen LogP contribution in [0.3, 0.4) is 0 Å². The maximum atomic E-state index is 12.3. The lowest BCUT2D eigenvalue weighted by atomic mass is 10.2. The highest BCUT2D eigenvalue weighted by Crippen LogP contribution is 2.23. The summed E-state index contributed by atoms with van der Waals surface area (Å²) in [5, 5.41) is 6.85. The average Bonchev–Trinajstić information content (AvgIpc) is 2.96. The Morgan fingerprint density at radius 3 is 2.71 bits per heavy atom. The van der Waals surface area contributed by atoms with Crippen molar-refractivity contribution < 1.29 is 12.9 Å². The van der Waals surface area contributed by atoms with Gasteiger partial charge in [0.15, 0.2) is 0 Å². The van der Waals surface area contributed by atoms with Crippen LogP contribution < -0.4 is 10.0 Å². The molecule has 2 N–H and O–H groups in total. The summed E-state index contributed by atoms with van der Waals surface area (Å²) in [4.78, 5) is 0.200. The van der Waals surface area contributed by atoms with Crippen LogP contribution in [0, 0.1) is 0 Å². The Bertz CT molecular complexity index is 687. The molecule has 1 aromatic heterocycles. The summed E-state index contributed by atoms with van der Waals surface area (Å²) in [6, 6.07) is 6.78. The van der Waals surface area contributed by atoms with Gasteiger partial charge in [0.05, 0.1) is 17.1 Å². The van der Waals surface area contributed by atoms with Gasteiger partial charge in [-0.2, -0.15) is 0 Å². The number of nitrogens with zero attached hydrogens (tertiary/aromatic N) is 1. The summed E-state index contributed by atoms with van der Waals surface area (Å²) in [6.07, 6.45) is 1.40. The number of benzene rings is 1. The van der Waals surface area contributed by atoms with Crippen molar-refractivity contribution in [3.05, 3.63) is 46.3 Å². The van der Waals surface area contributed by atoms with Crippen LogP contribution in [0.1, 0.15) is 18.2 Å². The first kappa shape index (κ1) is 16.2. The second-order valence-corrected chi connectivity index (χ2v) is 6.95. The van der Waals surface area contributed by atoms with E-state index in [0.29, 0.717) is 16.7 Å². The van der Waals surface area contributed by atoms with Crippen molar-refractivity contribution in [3.8, 4) is 0 Å². The molecule has 0 saturated carbocycles. The van der Waals surface area contributed by atoms with Crippen molar-refractivity contribution in [1.82, 2.24) is 15.2 Å². The molecule has 1 heterocycles. The molecule has 6 nitrogen and oxygen atoms in total. The summed E-state index contributed by atoms with van der Waals surface area (Å²) in [5.74, 6) is 0. The molecule has 0 unspecified atom stereocenters. The number of hydrogen-bond acceptors (Lipinski definition) is 5. The zero-order chi connectivity index (χ0) is 15.3. The van der Waals surface area contributed by atoms with Gasteiger partial charge in [-0.3, -0.25) is 0 Å². The maximum absolute atomic E-state index is 12.3. The Labute approximate surface area is 132 Å². The number of rotatable bonds is 7. The van der Waals surface area contributed by atoms with Crippen LogP contribution in [-0.2, 0) is 23.1 Å². The average molecular weight is 374 g/mol. The van der Waals surface area contributed by atoms with Gasteiger partial charge in [0, 0.05) is 17.1 Å². The standard InChI is InChI=1S/C13H16BrN3O3S/c1-2-15-8-10-3-4-13(12(14)7-10)21(18,19)16-9-11-5-6-20-17-11/h3-7,15-16H,2,8-9H2,1H3. The fourth-order valence-electron chi connectivity index (χ4n) is 1.72. The monoisotopic (exact) mass is 373 g/mol. The molecule has 2 aromatic rings. The number of halogens is 1. The Morgan fingerprint density at radius 1 is 1.29 bits per heavy atom. The van der Waals surface area contributed by atoms with Crippen molar-refractivity contribution in [2.24, 2.45) is 0 Å². The number of sulfonamides is 1. The molecule has 21 heavy (non-hydrogen) atoms. The van der Waals surface area contributed by atoms with E-state index in [1.165, 1.54) is 6.26 Å². The Hall–Kier alpha value is -1.22. The summed E-state index contributed by atoms with van der Waals surface area (Å²) in [5.41, 5.74) is 1.54. The third kappa shape index (κ3) is 4.37. The molecule has 2 rings (SSSR count). The molecule has 0 aliphatic carbocycles. The first-order chi connectivity index (χ1) is 10.0. The van der Waals surface area contributed by atoms with Crippen molar-refractivity contribution >= 4 is 26.0 Å². The molecule has 0 bridgehead atoms. The lowest BCUT2D eigenvalue weighted by molar-refractivity contribution is 0.411. The summed E-state index contributed by atoms with van der Waals surface area (Å²) in [7, 11) is -3.60. The highest BCUT2D eigenvalue weighted by Gasteiger charge is 2.18. The van der Waals surface area contributed by atoms with E-state index in [1.807, 2.05) is 6.92 Å². The van der Waals surface area contributed by atoms with Crippen molar-refractivity contribution in [2.45, 2.75) is 24.9 Å². The topological polar surface area (TPSA) is 84.2 Å². The third-order valence-electron chi connectivity index (χ3n) is 2.80. The molecule has 114 valence electrons. The Morgan fingerprint density at radius 2 is 2.10 bits per heavy atom. The predicted octanol–water partition coefficient (Wildman–Crippen LogP) is 2.03. The largest absolute Gasteiger partial charge is 0.364 e. The van der Waals surface area contributed by atoms with Crippen LogP contribution in [0.2, 0.25) is 0 Å². The molecule has 8 heteroatoms. The molecule has 0 fully saturated rings. The second kappa shape index (κ2) is 7.17. The SMILES string of the molecule is CCNCc1ccc(S(=O)(=O)NCc2ccon2)c(Br)c1. The normalized spacial score (nSPS) is 11.7. The van der Waals surface area contributed by atoms with E-state index in [4.69, 9.17) is 0 Å². The smallest absolute Gasteiger partial charge is 0.242 e. The van der Waals surface area contributed by atoms with Gasteiger partial charge in [0.2, 0.25) is 10.0 Å². The van der Waals surface area contributed by atoms with E-state index < -0.39 is 10.0 Å². The van der Waals surface area contributed by atoms with E-state index in [9.17, 15) is 8.42 Å². The lowest BCUT2D eigenvalue weighted by Crippen LogP contribution is -2.24. The molecular weight excluding hydrogens is 358 g/mol. The predicted molar refractivity (Wildman–Crippen MR) is 82.1 cm³/mol. The van der Waals surface area contributed by atoms with Gasteiger partial charge in [-0.15, -0.1) is 0 Å². The lowest BCUT2D eigenvalue weighted by Gasteiger charge is -2.09. The Kier molecular flexibility index (Phi) is 5.51. The number of aromatic nitrogens is 1. The van der Waals surface area contributed by atoms with E-state index in [1.54, 1.807) is 24.3 Å². The first-order valence-corrected chi connectivity index (χ1v) is 8.68. The molecular formula is C13H16BrN3O3S. The molecule has 0 aliphatic rings. The minimum atomic E-state index is -3.60. The van der Waals surface area contributed by atoms with Gasteiger partial charge in [-0.05, 0) is 40.2 Å². The van der Waals surface area contributed by atoms with Gasteiger partial charge in [0.25, 0.3) is 0 Å². The summed E-state index contributed by atoms with van der Waals surface area (Å²) >= 11 is 3.31. The number of nitrogens with one attached hydrogen (secondary N) is 2. The minimum Gasteiger partial charge on any atom is -0.364 e. The minimum absolute atomic E-state index is 0.0877. The van der Waals surface area contributed by atoms with Gasteiger partial charge >= 0.3 is 0 Å². The second-order valence-electron chi connectivity index (χ2n) is 4.36. The van der Waals surface area contributed by atoms with E-state index >= 15 is 0 Å². The molecule has 0 aliphatic heterocycles.